The highest BCUT2D eigenvalue weighted by molar-refractivity contribution is 5.87. The molecule has 1 aromatic carbocycles. The number of hydrogen-bond donors (Lipinski definition) is 1. The second-order valence-electron chi connectivity index (χ2n) is 4.78. The average Bonchev–Trinajstić information content (AvgIpc) is 2.72. The zero-order valence-electron chi connectivity index (χ0n) is 8.75. The molecule has 1 atom stereocenters. The number of aliphatic carboxylic acids is 1. The molecule has 3 heteroatoms. The molecule has 1 aliphatic carbocycles. The summed E-state index contributed by atoms with van der Waals surface area (Å²) in [4.78, 5) is 11.3. The van der Waals surface area contributed by atoms with Crippen molar-refractivity contribution in [1.29, 1.82) is 0 Å². The first-order valence-corrected chi connectivity index (χ1v) is 4.90. The number of rotatable bonds is 2. The Morgan fingerprint density at radius 1 is 1.33 bits per heavy atom. The zero-order chi connectivity index (χ0) is 11.3. The highest BCUT2D eigenvalue weighted by atomic mass is 19.1. The number of carboxylic acid groups (broad SMARTS) is 1. The molecule has 0 aromatic heterocycles. The summed E-state index contributed by atoms with van der Waals surface area (Å²) in [6, 6.07) is 5.76. The van der Waals surface area contributed by atoms with Gasteiger partial charge in [0, 0.05) is 0 Å². The maximum atomic E-state index is 12.7. The van der Waals surface area contributed by atoms with Gasteiger partial charge in [0.2, 0.25) is 0 Å². The predicted molar refractivity (Wildman–Crippen MR) is 54.1 cm³/mol. The number of halogens is 1. The minimum atomic E-state index is -0.820. The molecular weight excluding hydrogens is 195 g/mol. The molecule has 0 aliphatic heterocycles. The molecule has 80 valence electrons. The monoisotopic (exact) mass is 208 g/mol. The lowest BCUT2D eigenvalue weighted by atomic mass is 9.88. The maximum Gasteiger partial charge on any atom is 0.314 e. The Bertz CT molecular complexity index is 408. The van der Waals surface area contributed by atoms with E-state index >= 15 is 0 Å². The maximum absolute atomic E-state index is 12.7. The minimum absolute atomic E-state index is 0.239. The summed E-state index contributed by atoms with van der Waals surface area (Å²) >= 11 is 0. The van der Waals surface area contributed by atoms with Gasteiger partial charge in [-0.05, 0) is 29.5 Å². The van der Waals surface area contributed by atoms with Crippen molar-refractivity contribution in [1.82, 2.24) is 0 Å². The Morgan fingerprint density at radius 3 is 2.13 bits per heavy atom. The van der Waals surface area contributed by atoms with Crippen molar-refractivity contribution in [3.63, 3.8) is 0 Å². The third-order valence-corrected chi connectivity index (χ3v) is 3.44. The molecule has 2 rings (SSSR count). The first kappa shape index (κ1) is 10.1. The fourth-order valence-corrected chi connectivity index (χ4v) is 2.33. The Balaban J connectivity index is 2.45. The Hall–Kier alpha value is -1.38. The van der Waals surface area contributed by atoms with Gasteiger partial charge in [0.15, 0.2) is 0 Å². The van der Waals surface area contributed by atoms with Crippen LogP contribution >= 0.6 is 0 Å². The summed E-state index contributed by atoms with van der Waals surface area (Å²) in [7, 11) is 0. The van der Waals surface area contributed by atoms with Crippen LogP contribution in [0.25, 0.3) is 0 Å². The molecule has 0 bridgehead atoms. The van der Waals surface area contributed by atoms with Crippen molar-refractivity contribution in [2.45, 2.75) is 25.7 Å². The lowest BCUT2D eigenvalue weighted by Crippen LogP contribution is -2.25. The first-order valence-electron chi connectivity index (χ1n) is 4.90. The summed E-state index contributed by atoms with van der Waals surface area (Å²) in [5.74, 6) is -1.16. The van der Waals surface area contributed by atoms with E-state index in [1.54, 1.807) is 12.1 Å². The van der Waals surface area contributed by atoms with Gasteiger partial charge >= 0.3 is 5.97 Å². The van der Waals surface area contributed by atoms with E-state index in [0.29, 0.717) is 12.0 Å². The molecule has 15 heavy (non-hydrogen) atoms. The molecule has 1 aromatic rings. The second kappa shape index (κ2) is 2.81. The molecule has 0 saturated heterocycles. The first-order chi connectivity index (χ1) is 6.90. The van der Waals surface area contributed by atoms with Crippen molar-refractivity contribution in [2.75, 3.05) is 0 Å². The SMILES string of the molecule is CC1(C)CC1(C(=O)O)c1ccc(F)cc1. The third kappa shape index (κ3) is 1.26. The summed E-state index contributed by atoms with van der Waals surface area (Å²) in [5, 5.41) is 9.27. The smallest absolute Gasteiger partial charge is 0.314 e. The highest BCUT2D eigenvalue weighted by Gasteiger charge is 2.67. The van der Waals surface area contributed by atoms with Gasteiger partial charge in [0.1, 0.15) is 5.82 Å². The van der Waals surface area contributed by atoms with Crippen molar-refractivity contribution in [3.05, 3.63) is 35.6 Å². The third-order valence-electron chi connectivity index (χ3n) is 3.44. The van der Waals surface area contributed by atoms with Crippen LogP contribution in [0.4, 0.5) is 4.39 Å². The van der Waals surface area contributed by atoms with Gasteiger partial charge in [0.25, 0.3) is 0 Å². The van der Waals surface area contributed by atoms with Crippen LogP contribution in [-0.2, 0) is 10.2 Å². The van der Waals surface area contributed by atoms with E-state index in [2.05, 4.69) is 0 Å². The molecule has 0 radical (unpaired) electrons. The topological polar surface area (TPSA) is 37.3 Å². The molecule has 0 amide bonds. The van der Waals surface area contributed by atoms with Crippen LogP contribution in [0.15, 0.2) is 24.3 Å². The quantitative estimate of drug-likeness (QED) is 0.811. The fourth-order valence-electron chi connectivity index (χ4n) is 2.33. The molecule has 0 heterocycles. The van der Waals surface area contributed by atoms with Crippen LogP contribution in [0.5, 0.6) is 0 Å². The van der Waals surface area contributed by atoms with Crippen LogP contribution in [0.2, 0.25) is 0 Å². The van der Waals surface area contributed by atoms with Crippen molar-refractivity contribution in [3.8, 4) is 0 Å². The largest absolute Gasteiger partial charge is 0.481 e. The van der Waals surface area contributed by atoms with E-state index in [4.69, 9.17) is 0 Å². The number of hydrogen-bond acceptors (Lipinski definition) is 1. The van der Waals surface area contributed by atoms with E-state index in [1.807, 2.05) is 13.8 Å². The van der Waals surface area contributed by atoms with Gasteiger partial charge in [0.05, 0.1) is 5.41 Å². The standard InChI is InChI=1S/C12H13FO2/c1-11(2)7-12(11,10(14)15)8-3-5-9(13)6-4-8/h3-6H,7H2,1-2H3,(H,14,15). The van der Waals surface area contributed by atoms with Gasteiger partial charge in [-0.3, -0.25) is 4.79 Å². The molecule has 0 spiro atoms. The number of carboxylic acids is 1. The minimum Gasteiger partial charge on any atom is -0.481 e. The van der Waals surface area contributed by atoms with Crippen molar-refractivity contribution in [2.24, 2.45) is 5.41 Å². The summed E-state index contributed by atoms with van der Waals surface area (Å²) in [5.41, 5.74) is -0.362. The Labute approximate surface area is 87.7 Å². The van der Waals surface area contributed by atoms with Crippen LogP contribution < -0.4 is 0 Å². The molecule has 1 unspecified atom stereocenters. The van der Waals surface area contributed by atoms with Crippen molar-refractivity contribution < 1.29 is 14.3 Å². The van der Waals surface area contributed by atoms with Gasteiger partial charge in [-0.15, -0.1) is 0 Å². The molecule has 1 aliphatic rings. The summed E-state index contributed by atoms with van der Waals surface area (Å²) in [6.45, 7) is 3.84. The molecule has 1 saturated carbocycles. The second-order valence-corrected chi connectivity index (χ2v) is 4.78. The van der Waals surface area contributed by atoms with Gasteiger partial charge < -0.3 is 5.11 Å². The zero-order valence-corrected chi connectivity index (χ0v) is 8.75. The molecule has 1 fully saturated rings. The number of benzene rings is 1. The molecule has 1 N–H and O–H groups in total. The van der Waals surface area contributed by atoms with Gasteiger partial charge in [-0.25, -0.2) is 4.39 Å². The van der Waals surface area contributed by atoms with E-state index in [9.17, 15) is 14.3 Å². The van der Waals surface area contributed by atoms with Crippen LogP contribution in [0.1, 0.15) is 25.8 Å². The fraction of sp³-hybridized carbons (Fsp3) is 0.417. The Kier molecular flexibility index (Phi) is 1.90. The lowest BCUT2D eigenvalue weighted by molar-refractivity contribution is -0.141. The summed E-state index contributed by atoms with van der Waals surface area (Å²) < 4.78 is 12.7. The lowest BCUT2D eigenvalue weighted by Gasteiger charge is -2.15. The van der Waals surface area contributed by atoms with Crippen LogP contribution in [0.3, 0.4) is 0 Å². The molecular formula is C12H13FO2. The van der Waals surface area contributed by atoms with Gasteiger partial charge in [-0.2, -0.15) is 0 Å². The van der Waals surface area contributed by atoms with E-state index in [-0.39, 0.29) is 11.2 Å². The van der Waals surface area contributed by atoms with Gasteiger partial charge in [-0.1, -0.05) is 26.0 Å². The van der Waals surface area contributed by atoms with Crippen LogP contribution in [0, 0.1) is 11.2 Å². The van der Waals surface area contributed by atoms with E-state index < -0.39 is 11.4 Å². The van der Waals surface area contributed by atoms with E-state index in [0.717, 1.165) is 0 Å². The normalized spacial score (nSPS) is 27.4. The summed E-state index contributed by atoms with van der Waals surface area (Å²) in [6.07, 6.45) is 0.612. The van der Waals surface area contributed by atoms with E-state index in [1.165, 1.54) is 12.1 Å². The number of carbonyl (C=O) groups is 1. The molecule has 2 nitrogen and oxygen atoms in total. The highest BCUT2D eigenvalue weighted by Crippen LogP contribution is 2.64. The van der Waals surface area contributed by atoms with Crippen LogP contribution in [-0.4, -0.2) is 11.1 Å². The van der Waals surface area contributed by atoms with Crippen molar-refractivity contribution >= 4 is 5.97 Å². The predicted octanol–water partition coefficient (Wildman–Crippen LogP) is 2.58. The average molecular weight is 208 g/mol. The Morgan fingerprint density at radius 2 is 1.80 bits per heavy atom.